The molecule has 2 rings (SSSR count). The second-order valence-corrected chi connectivity index (χ2v) is 3.03. The first kappa shape index (κ1) is 6.79. The maximum atomic E-state index is 11.0. The summed E-state index contributed by atoms with van der Waals surface area (Å²) in [7, 11) is 0. The van der Waals surface area contributed by atoms with Crippen LogP contribution in [0.25, 0.3) is 0 Å². The SMILES string of the molecule is O=C1C[C@H]2C[C@@H](C(=O)O)[C@@H]1O2. The van der Waals surface area contributed by atoms with Gasteiger partial charge in [-0.2, -0.15) is 0 Å². The van der Waals surface area contributed by atoms with Gasteiger partial charge in [-0.15, -0.1) is 0 Å². The molecular weight excluding hydrogens is 148 g/mol. The predicted molar refractivity (Wildman–Crippen MR) is 34.0 cm³/mol. The van der Waals surface area contributed by atoms with E-state index < -0.39 is 18.0 Å². The van der Waals surface area contributed by atoms with E-state index in [-0.39, 0.29) is 11.9 Å². The first-order chi connectivity index (χ1) is 5.18. The van der Waals surface area contributed by atoms with Gasteiger partial charge in [-0.25, -0.2) is 0 Å². The minimum absolute atomic E-state index is 0.0475. The van der Waals surface area contributed by atoms with Crippen LogP contribution in [0.2, 0.25) is 0 Å². The Labute approximate surface area is 63.1 Å². The van der Waals surface area contributed by atoms with Gasteiger partial charge in [0.25, 0.3) is 0 Å². The number of carboxylic acid groups (broad SMARTS) is 1. The third-order valence-electron chi connectivity index (χ3n) is 2.28. The predicted octanol–water partition coefficient (Wildman–Crippen LogP) is -0.183. The van der Waals surface area contributed by atoms with Crippen molar-refractivity contribution in [2.24, 2.45) is 5.92 Å². The summed E-state index contributed by atoms with van der Waals surface area (Å²) in [6, 6.07) is 0. The molecule has 3 atom stereocenters. The number of carboxylic acids is 1. The lowest BCUT2D eigenvalue weighted by molar-refractivity contribution is -0.146. The average molecular weight is 156 g/mol. The smallest absolute Gasteiger partial charge is 0.309 e. The van der Waals surface area contributed by atoms with Crippen LogP contribution in [-0.4, -0.2) is 29.1 Å². The van der Waals surface area contributed by atoms with Crippen molar-refractivity contribution in [1.82, 2.24) is 0 Å². The largest absolute Gasteiger partial charge is 0.481 e. The first-order valence-corrected chi connectivity index (χ1v) is 3.59. The van der Waals surface area contributed by atoms with Crippen LogP contribution in [0.4, 0.5) is 0 Å². The van der Waals surface area contributed by atoms with Crippen molar-refractivity contribution in [3.63, 3.8) is 0 Å². The number of carbonyl (C=O) groups is 2. The van der Waals surface area contributed by atoms with Gasteiger partial charge in [0.15, 0.2) is 5.78 Å². The van der Waals surface area contributed by atoms with Crippen LogP contribution in [0.5, 0.6) is 0 Å². The Morgan fingerprint density at radius 3 is 2.73 bits per heavy atom. The van der Waals surface area contributed by atoms with E-state index in [4.69, 9.17) is 9.84 Å². The molecule has 0 spiro atoms. The quantitative estimate of drug-likeness (QED) is 0.571. The molecule has 2 heterocycles. The Morgan fingerprint density at radius 2 is 2.36 bits per heavy atom. The highest BCUT2D eigenvalue weighted by atomic mass is 16.5. The molecular formula is C7H8O4. The molecule has 4 heteroatoms. The van der Waals surface area contributed by atoms with Gasteiger partial charge in [0.1, 0.15) is 6.10 Å². The van der Waals surface area contributed by atoms with Gasteiger partial charge in [0.05, 0.1) is 12.0 Å². The van der Waals surface area contributed by atoms with Gasteiger partial charge >= 0.3 is 5.97 Å². The fourth-order valence-corrected chi connectivity index (χ4v) is 1.77. The van der Waals surface area contributed by atoms with E-state index in [9.17, 15) is 9.59 Å². The van der Waals surface area contributed by atoms with Crippen molar-refractivity contribution in [2.45, 2.75) is 25.0 Å². The van der Waals surface area contributed by atoms with Crippen molar-refractivity contribution >= 4 is 11.8 Å². The first-order valence-electron chi connectivity index (χ1n) is 3.59. The summed E-state index contributed by atoms with van der Waals surface area (Å²) in [5, 5.41) is 8.62. The molecule has 2 bridgehead atoms. The lowest BCUT2D eigenvalue weighted by Gasteiger charge is -2.11. The number of ketones is 1. The number of Topliss-reactive ketones (excluding diaryl/α,β-unsaturated/α-hetero) is 1. The van der Waals surface area contributed by atoms with Crippen molar-refractivity contribution in [3.05, 3.63) is 0 Å². The molecule has 0 unspecified atom stereocenters. The zero-order valence-electron chi connectivity index (χ0n) is 5.82. The second kappa shape index (κ2) is 2.04. The zero-order valence-corrected chi connectivity index (χ0v) is 5.82. The average Bonchev–Trinajstić information content (AvgIpc) is 2.43. The van der Waals surface area contributed by atoms with E-state index in [1.807, 2.05) is 0 Å². The number of rotatable bonds is 1. The number of carbonyl (C=O) groups excluding carboxylic acids is 1. The summed E-state index contributed by atoms with van der Waals surface area (Å²) >= 11 is 0. The van der Waals surface area contributed by atoms with Crippen LogP contribution in [0.15, 0.2) is 0 Å². The van der Waals surface area contributed by atoms with Crippen LogP contribution in [-0.2, 0) is 14.3 Å². The third-order valence-corrected chi connectivity index (χ3v) is 2.28. The summed E-state index contributed by atoms with van der Waals surface area (Å²) in [6.45, 7) is 0. The Hall–Kier alpha value is -0.900. The summed E-state index contributed by atoms with van der Waals surface area (Å²) in [5.41, 5.74) is 0. The van der Waals surface area contributed by atoms with Gasteiger partial charge in [-0.05, 0) is 6.42 Å². The van der Waals surface area contributed by atoms with Gasteiger partial charge in [-0.1, -0.05) is 0 Å². The molecule has 0 aliphatic carbocycles. The van der Waals surface area contributed by atoms with E-state index in [1.54, 1.807) is 0 Å². The molecule has 2 aliphatic rings. The van der Waals surface area contributed by atoms with E-state index >= 15 is 0 Å². The molecule has 60 valence electrons. The van der Waals surface area contributed by atoms with Crippen LogP contribution in [0.1, 0.15) is 12.8 Å². The maximum absolute atomic E-state index is 11.0. The lowest BCUT2D eigenvalue weighted by atomic mass is 9.88. The summed E-state index contributed by atoms with van der Waals surface area (Å²) in [4.78, 5) is 21.5. The van der Waals surface area contributed by atoms with E-state index in [1.165, 1.54) is 0 Å². The summed E-state index contributed by atoms with van der Waals surface area (Å²) in [6.07, 6.45) is 0.159. The van der Waals surface area contributed by atoms with Gasteiger partial charge in [-0.3, -0.25) is 9.59 Å². The van der Waals surface area contributed by atoms with E-state index in [0.717, 1.165) is 0 Å². The maximum Gasteiger partial charge on any atom is 0.309 e. The number of fused-ring (bicyclic) bond motifs is 2. The standard InChI is InChI=1S/C7H8O4/c8-5-2-3-1-4(7(9)10)6(5)11-3/h3-4,6H,1-2H2,(H,9,10)/t3-,4-,6+/m1/s1. The molecule has 0 radical (unpaired) electrons. The highest BCUT2D eigenvalue weighted by Crippen LogP contribution is 2.36. The van der Waals surface area contributed by atoms with Gasteiger partial charge in [0, 0.05) is 6.42 Å². The number of aliphatic carboxylic acids is 1. The molecule has 0 aromatic rings. The van der Waals surface area contributed by atoms with Gasteiger partial charge < -0.3 is 9.84 Å². The molecule has 2 aliphatic heterocycles. The highest BCUT2D eigenvalue weighted by Gasteiger charge is 2.50. The van der Waals surface area contributed by atoms with E-state index in [2.05, 4.69) is 0 Å². The normalized spacial score (nSPS) is 41.5. The molecule has 1 N–H and O–H groups in total. The van der Waals surface area contributed by atoms with Gasteiger partial charge in [0.2, 0.25) is 0 Å². The number of hydrogen-bond acceptors (Lipinski definition) is 3. The third kappa shape index (κ3) is 0.860. The topological polar surface area (TPSA) is 63.6 Å². The van der Waals surface area contributed by atoms with E-state index in [0.29, 0.717) is 12.8 Å². The Morgan fingerprint density at radius 1 is 1.64 bits per heavy atom. The molecule has 0 aromatic carbocycles. The lowest BCUT2D eigenvalue weighted by Crippen LogP contribution is -2.31. The molecule has 2 fully saturated rings. The minimum Gasteiger partial charge on any atom is -0.481 e. The zero-order chi connectivity index (χ0) is 8.01. The van der Waals surface area contributed by atoms with Crippen LogP contribution in [0, 0.1) is 5.92 Å². The Kier molecular flexibility index (Phi) is 1.26. The second-order valence-electron chi connectivity index (χ2n) is 3.03. The summed E-state index contributed by atoms with van der Waals surface area (Å²) in [5.74, 6) is -1.54. The van der Waals surface area contributed by atoms with Crippen LogP contribution in [0.3, 0.4) is 0 Å². The molecule has 11 heavy (non-hydrogen) atoms. The molecule has 0 aromatic heterocycles. The number of hydrogen-bond donors (Lipinski definition) is 1. The Bertz CT molecular complexity index is 222. The van der Waals surface area contributed by atoms with Crippen molar-refractivity contribution in [3.8, 4) is 0 Å². The molecule has 0 saturated carbocycles. The van der Waals surface area contributed by atoms with Crippen LogP contribution < -0.4 is 0 Å². The monoisotopic (exact) mass is 156 g/mol. The summed E-state index contributed by atoms with van der Waals surface area (Å²) < 4.78 is 5.13. The van der Waals surface area contributed by atoms with Crippen molar-refractivity contribution < 1.29 is 19.4 Å². The fourth-order valence-electron chi connectivity index (χ4n) is 1.77. The Balaban J connectivity index is 2.18. The molecule has 4 nitrogen and oxygen atoms in total. The highest BCUT2D eigenvalue weighted by molar-refractivity contribution is 5.91. The minimum atomic E-state index is -0.912. The molecule has 0 amide bonds. The van der Waals surface area contributed by atoms with Crippen molar-refractivity contribution in [1.29, 1.82) is 0 Å². The fraction of sp³-hybridized carbons (Fsp3) is 0.714. The molecule has 2 saturated heterocycles. The number of ether oxygens (including phenoxy) is 1. The van der Waals surface area contributed by atoms with Crippen LogP contribution >= 0.6 is 0 Å². The van der Waals surface area contributed by atoms with Crippen molar-refractivity contribution in [2.75, 3.05) is 0 Å².